The minimum absolute atomic E-state index is 0.0354. The molecule has 3 aromatic rings. The Morgan fingerprint density at radius 3 is 2.65 bits per heavy atom. The summed E-state index contributed by atoms with van der Waals surface area (Å²) in [6, 6.07) is 10.3. The number of benzene rings is 2. The van der Waals surface area contributed by atoms with Gasteiger partial charge >= 0.3 is 0 Å². The summed E-state index contributed by atoms with van der Waals surface area (Å²) in [7, 11) is -3.77. The monoisotopic (exact) mass is 371 g/mol. The fraction of sp³-hybridized carbons (Fsp3) is 0.300. The van der Waals surface area contributed by atoms with Crippen LogP contribution in [-0.2, 0) is 16.3 Å². The average Bonchev–Trinajstić information content (AvgIpc) is 3.41. The zero-order valence-electron chi connectivity index (χ0n) is 14.0. The first-order chi connectivity index (χ1) is 12.5. The second-order valence-electron chi connectivity index (χ2n) is 7.08. The summed E-state index contributed by atoms with van der Waals surface area (Å²) < 4.78 is 45.3. The molecule has 1 fully saturated rings. The molecule has 6 heteroatoms. The molecule has 2 heterocycles. The molecule has 2 aromatic carbocycles. The third-order valence-electron chi connectivity index (χ3n) is 5.33. The van der Waals surface area contributed by atoms with Gasteiger partial charge in [-0.15, -0.1) is 0 Å². The Labute approximate surface area is 150 Å². The third-order valence-corrected chi connectivity index (χ3v) is 7.07. The van der Waals surface area contributed by atoms with E-state index < -0.39 is 15.7 Å². The predicted molar refractivity (Wildman–Crippen MR) is 95.2 cm³/mol. The highest BCUT2D eigenvalue weighted by atomic mass is 32.2. The number of nitrogens with one attached hydrogen (secondary N) is 1. The molecule has 134 valence electrons. The van der Waals surface area contributed by atoms with Crippen molar-refractivity contribution in [2.24, 2.45) is 5.92 Å². The van der Waals surface area contributed by atoms with Crippen molar-refractivity contribution >= 4 is 20.8 Å². The van der Waals surface area contributed by atoms with Crippen molar-refractivity contribution in [1.82, 2.24) is 5.32 Å². The van der Waals surface area contributed by atoms with Crippen LogP contribution in [-0.4, -0.2) is 15.0 Å². The SMILES string of the molecule is O=S(=O)(c1cccc(F)c1)c1ccc2oc3c(c2c1)CCNC3C1CC1. The van der Waals surface area contributed by atoms with Crippen molar-refractivity contribution in [3.8, 4) is 0 Å². The third kappa shape index (κ3) is 2.47. The fourth-order valence-corrected chi connectivity index (χ4v) is 5.17. The molecule has 1 unspecified atom stereocenters. The first-order valence-corrected chi connectivity index (χ1v) is 10.3. The van der Waals surface area contributed by atoms with Crippen LogP contribution in [0.15, 0.2) is 56.7 Å². The highest BCUT2D eigenvalue weighted by Gasteiger charge is 2.38. The molecule has 4 nitrogen and oxygen atoms in total. The van der Waals surface area contributed by atoms with Crippen molar-refractivity contribution in [3.63, 3.8) is 0 Å². The number of rotatable bonds is 3. The maximum absolute atomic E-state index is 13.5. The van der Waals surface area contributed by atoms with E-state index in [1.165, 1.54) is 37.1 Å². The van der Waals surface area contributed by atoms with Gasteiger partial charge in [-0.3, -0.25) is 0 Å². The van der Waals surface area contributed by atoms with E-state index in [1.54, 1.807) is 12.1 Å². The van der Waals surface area contributed by atoms with Crippen LogP contribution >= 0.6 is 0 Å². The molecule has 2 aliphatic rings. The minimum atomic E-state index is -3.77. The van der Waals surface area contributed by atoms with Crippen LogP contribution in [0, 0.1) is 11.7 Å². The summed E-state index contributed by atoms with van der Waals surface area (Å²) in [6.45, 7) is 0.865. The van der Waals surface area contributed by atoms with Gasteiger partial charge in [-0.05, 0) is 61.6 Å². The molecule has 1 aromatic heterocycles. The summed E-state index contributed by atoms with van der Waals surface area (Å²) >= 11 is 0. The lowest BCUT2D eigenvalue weighted by atomic mass is 9.97. The minimum Gasteiger partial charge on any atom is -0.459 e. The second-order valence-corrected chi connectivity index (χ2v) is 9.03. The number of hydrogen-bond donors (Lipinski definition) is 1. The van der Waals surface area contributed by atoms with E-state index in [2.05, 4.69) is 5.32 Å². The van der Waals surface area contributed by atoms with Gasteiger partial charge in [0.2, 0.25) is 9.84 Å². The van der Waals surface area contributed by atoms with Gasteiger partial charge in [-0.1, -0.05) is 6.07 Å². The molecule has 1 N–H and O–H groups in total. The van der Waals surface area contributed by atoms with Gasteiger partial charge in [-0.2, -0.15) is 0 Å². The quantitative estimate of drug-likeness (QED) is 0.756. The number of sulfone groups is 1. The van der Waals surface area contributed by atoms with E-state index in [-0.39, 0.29) is 15.8 Å². The summed E-state index contributed by atoms with van der Waals surface area (Å²) in [5, 5.41) is 4.37. The average molecular weight is 371 g/mol. The van der Waals surface area contributed by atoms with Gasteiger partial charge in [0.05, 0.1) is 15.8 Å². The molecule has 1 saturated carbocycles. The van der Waals surface area contributed by atoms with Gasteiger partial charge in [0.15, 0.2) is 0 Å². The van der Waals surface area contributed by atoms with Crippen LogP contribution in [0.25, 0.3) is 11.0 Å². The van der Waals surface area contributed by atoms with Gasteiger partial charge in [0.25, 0.3) is 0 Å². The summed E-state index contributed by atoms with van der Waals surface area (Å²) in [6.07, 6.45) is 3.22. The highest BCUT2D eigenvalue weighted by Crippen LogP contribution is 2.46. The smallest absolute Gasteiger partial charge is 0.206 e. The van der Waals surface area contributed by atoms with Crippen LogP contribution in [0.4, 0.5) is 4.39 Å². The molecule has 5 rings (SSSR count). The van der Waals surface area contributed by atoms with Crippen LogP contribution in [0.5, 0.6) is 0 Å². The topological polar surface area (TPSA) is 59.3 Å². The van der Waals surface area contributed by atoms with Crippen molar-refractivity contribution in [2.45, 2.75) is 35.1 Å². The van der Waals surface area contributed by atoms with Crippen LogP contribution < -0.4 is 5.32 Å². The van der Waals surface area contributed by atoms with Crippen molar-refractivity contribution in [2.75, 3.05) is 6.54 Å². The Balaban J connectivity index is 1.64. The maximum Gasteiger partial charge on any atom is 0.206 e. The summed E-state index contributed by atoms with van der Waals surface area (Å²) in [4.78, 5) is 0.132. The number of hydrogen-bond acceptors (Lipinski definition) is 4. The summed E-state index contributed by atoms with van der Waals surface area (Å²) in [5.41, 5.74) is 1.81. The van der Waals surface area contributed by atoms with Crippen molar-refractivity contribution in [1.29, 1.82) is 0 Å². The largest absolute Gasteiger partial charge is 0.459 e. The molecular formula is C20H18FNO3S. The van der Waals surface area contributed by atoms with Gasteiger partial charge in [0, 0.05) is 17.5 Å². The first-order valence-electron chi connectivity index (χ1n) is 8.83. The van der Waals surface area contributed by atoms with Crippen LogP contribution in [0.3, 0.4) is 0 Å². The lowest BCUT2D eigenvalue weighted by molar-refractivity contribution is 0.374. The number of furan rings is 1. The zero-order valence-corrected chi connectivity index (χ0v) is 14.9. The molecule has 1 aliphatic carbocycles. The second kappa shape index (κ2) is 5.66. The van der Waals surface area contributed by atoms with Gasteiger partial charge < -0.3 is 9.73 Å². The molecule has 0 radical (unpaired) electrons. The van der Waals surface area contributed by atoms with E-state index in [9.17, 15) is 12.8 Å². The van der Waals surface area contributed by atoms with E-state index in [4.69, 9.17) is 4.42 Å². The fourth-order valence-electron chi connectivity index (χ4n) is 3.85. The molecule has 0 saturated heterocycles. The molecular weight excluding hydrogens is 353 g/mol. The van der Waals surface area contributed by atoms with E-state index in [0.717, 1.165) is 35.7 Å². The lowest BCUT2D eigenvalue weighted by Crippen LogP contribution is -2.30. The van der Waals surface area contributed by atoms with E-state index in [1.807, 2.05) is 0 Å². The molecule has 1 aliphatic heterocycles. The molecule has 0 spiro atoms. The highest BCUT2D eigenvalue weighted by molar-refractivity contribution is 7.91. The Bertz CT molecular complexity index is 1120. The van der Waals surface area contributed by atoms with E-state index in [0.29, 0.717) is 11.5 Å². The number of halogens is 1. The van der Waals surface area contributed by atoms with Crippen LogP contribution in [0.2, 0.25) is 0 Å². The zero-order chi connectivity index (χ0) is 17.9. The molecule has 1 atom stereocenters. The van der Waals surface area contributed by atoms with Gasteiger partial charge in [-0.25, -0.2) is 12.8 Å². The Morgan fingerprint density at radius 1 is 1.08 bits per heavy atom. The molecule has 26 heavy (non-hydrogen) atoms. The summed E-state index contributed by atoms with van der Waals surface area (Å²) in [5.74, 6) is 1.00. The lowest BCUT2D eigenvalue weighted by Gasteiger charge is -2.22. The maximum atomic E-state index is 13.5. The Kier molecular flexibility index (Phi) is 3.49. The van der Waals surface area contributed by atoms with Gasteiger partial charge in [0.1, 0.15) is 17.2 Å². The standard InChI is InChI=1S/C20H18FNO3S/c21-13-2-1-3-14(10-13)26(23,24)15-6-7-18-17(11-15)16-8-9-22-19(12-4-5-12)20(16)25-18/h1-3,6-7,10-12,19,22H,4-5,8-9H2. The van der Waals surface area contributed by atoms with Crippen molar-refractivity contribution in [3.05, 3.63) is 59.6 Å². The van der Waals surface area contributed by atoms with Crippen LogP contribution in [0.1, 0.15) is 30.2 Å². The number of fused-ring (bicyclic) bond motifs is 3. The predicted octanol–water partition coefficient (Wildman–Crippen LogP) is 4.00. The Morgan fingerprint density at radius 2 is 1.88 bits per heavy atom. The van der Waals surface area contributed by atoms with Crippen molar-refractivity contribution < 1.29 is 17.2 Å². The first kappa shape index (κ1) is 16.0. The molecule has 0 bridgehead atoms. The normalized spacial score (nSPS) is 20.3. The van der Waals surface area contributed by atoms with E-state index >= 15 is 0 Å². The molecule has 0 amide bonds. The Hall–Kier alpha value is -2.18.